The average molecular weight is 386 g/mol. The minimum atomic E-state index is 0.0388. The molecular weight excluding hydrogens is 364 g/mol. The molecule has 4 aromatic rings. The average Bonchev–Trinajstić information content (AvgIpc) is 3.43. The molecule has 0 bridgehead atoms. The van der Waals surface area contributed by atoms with Crippen molar-refractivity contribution in [2.75, 3.05) is 7.05 Å². The Kier molecular flexibility index (Phi) is 5.52. The molecule has 0 radical (unpaired) electrons. The fourth-order valence-electron chi connectivity index (χ4n) is 3.09. The smallest absolute Gasteiger partial charge is 0.223 e. The molecule has 0 aliphatic rings. The third kappa shape index (κ3) is 4.60. The number of carbonyl (C=O) groups is 1. The Morgan fingerprint density at radius 3 is 2.52 bits per heavy atom. The fraction of sp³-hybridized carbons (Fsp3) is 0.174. The van der Waals surface area contributed by atoms with Crippen LogP contribution in [0, 0.1) is 0 Å². The Balaban J connectivity index is 1.31. The highest BCUT2D eigenvalue weighted by Gasteiger charge is 2.13. The van der Waals surface area contributed by atoms with Gasteiger partial charge in [-0.3, -0.25) is 4.79 Å². The molecule has 146 valence electrons. The van der Waals surface area contributed by atoms with Crippen LogP contribution in [0.15, 0.2) is 83.7 Å². The number of benzene rings is 2. The fourth-order valence-corrected chi connectivity index (χ4v) is 3.09. The first-order chi connectivity index (χ1) is 14.2. The van der Waals surface area contributed by atoms with Crippen molar-refractivity contribution in [3.05, 3.63) is 90.7 Å². The number of aryl methyl sites for hydroxylation is 1. The second-order valence-corrected chi connectivity index (χ2v) is 6.86. The van der Waals surface area contributed by atoms with Crippen molar-refractivity contribution in [1.29, 1.82) is 0 Å². The topological polar surface area (TPSA) is 64.2 Å². The molecule has 2 aromatic carbocycles. The first kappa shape index (κ1) is 18.7. The van der Waals surface area contributed by atoms with Crippen molar-refractivity contribution in [2.24, 2.45) is 0 Å². The summed E-state index contributed by atoms with van der Waals surface area (Å²) in [4.78, 5) is 18.5. The number of hydrogen-bond donors (Lipinski definition) is 0. The van der Waals surface area contributed by atoms with Crippen LogP contribution < -0.4 is 0 Å². The number of hydrogen-bond acceptors (Lipinski definition) is 4. The molecule has 6 heteroatoms. The van der Waals surface area contributed by atoms with Gasteiger partial charge < -0.3 is 9.32 Å². The maximum atomic E-state index is 12.5. The van der Waals surface area contributed by atoms with E-state index >= 15 is 0 Å². The molecule has 0 unspecified atom stereocenters. The first-order valence-corrected chi connectivity index (χ1v) is 9.52. The predicted molar refractivity (Wildman–Crippen MR) is 110 cm³/mol. The quantitative estimate of drug-likeness (QED) is 0.479. The molecule has 29 heavy (non-hydrogen) atoms. The molecule has 0 aliphatic heterocycles. The zero-order valence-corrected chi connectivity index (χ0v) is 16.2. The van der Waals surface area contributed by atoms with E-state index in [0.717, 1.165) is 22.6 Å². The van der Waals surface area contributed by atoms with E-state index in [-0.39, 0.29) is 5.91 Å². The summed E-state index contributed by atoms with van der Waals surface area (Å²) in [5.41, 5.74) is 2.95. The molecule has 0 fully saturated rings. The van der Waals surface area contributed by atoms with Crippen molar-refractivity contribution in [3.8, 4) is 17.0 Å². The Labute approximate surface area is 169 Å². The molecule has 2 heterocycles. The predicted octanol–water partition coefficient (Wildman–Crippen LogP) is 4.12. The lowest BCUT2D eigenvalue weighted by atomic mass is 10.2. The second kappa shape index (κ2) is 8.56. The maximum absolute atomic E-state index is 12.5. The van der Waals surface area contributed by atoms with Crippen LogP contribution in [0.1, 0.15) is 17.9 Å². The van der Waals surface area contributed by atoms with Crippen LogP contribution >= 0.6 is 0 Å². The number of para-hydroxylation sites is 1. The number of nitrogens with zero attached hydrogens (tertiary/aromatic N) is 4. The summed E-state index contributed by atoms with van der Waals surface area (Å²) in [5, 5.41) is 4.38. The lowest BCUT2D eigenvalue weighted by Crippen LogP contribution is -2.26. The van der Waals surface area contributed by atoms with Gasteiger partial charge in [0.1, 0.15) is 0 Å². The normalized spacial score (nSPS) is 10.8. The molecule has 0 spiro atoms. The molecule has 4 rings (SSSR count). The van der Waals surface area contributed by atoms with Gasteiger partial charge in [-0.25, -0.2) is 9.67 Å². The van der Waals surface area contributed by atoms with Gasteiger partial charge in [0.15, 0.2) is 11.7 Å². The maximum Gasteiger partial charge on any atom is 0.223 e. The third-order valence-corrected chi connectivity index (χ3v) is 4.67. The standard InChI is InChI=1S/C23H22N4O2/c1-26(16-18-14-25-27(17-18)20-10-6-3-7-11-20)23(28)13-12-22-24-15-21(29-22)19-8-4-2-5-9-19/h2-11,14-15,17H,12-13,16H2,1H3. The minimum Gasteiger partial charge on any atom is -0.441 e. The number of oxazole rings is 1. The molecular formula is C23H22N4O2. The Morgan fingerprint density at radius 1 is 1.03 bits per heavy atom. The Morgan fingerprint density at radius 2 is 1.76 bits per heavy atom. The van der Waals surface area contributed by atoms with E-state index in [1.807, 2.05) is 71.5 Å². The molecule has 1 amide bonds. The summed E-state index contributed by atoms with van der Waals surface area (Å²) in [5.74, 6) is 1.33. The van der Waals surface area contributed by atoms with E-state index < -0.39 is 0 Å². The largest absolute Gasteiger partial charge is 0.441 e. The van der Waals surface area contributed by atoms with E-state index in [0.29, 0.717) is 25.3 Å². The van der Waals surface area contributed by atoms with Crippen LogP contribution in [0.4, 0.5) is 0 Å². The molecule has 0 aliphatic carbocycles. The molecule has 0 saturated heterocycles. The molecule has 0 atom stereocenters. The molecule has 0 saturated carbocycles. The summed E-state index contributed by atoms with van der Waals surface area (Å²) in [6.07, 6.45) is 6.25. The van der Waals surface area contributed by atoms with Crippen LogP contribution in [0.25, 0.3) is 17.0 Å². The summed E-state index contributed by atoms with van der Waals surface area (Å²) >= 11 is 0. The van der Waals surface area contributed by atoms with Crippen LogP contribution in [0.5, 0.6) is 0 Å². The van der Waals surface area contributed by atoms with Gasteiger partial charge in [0.2, 0.25) is 5.91 Å². The number of carbonyl (C=O) groups excluding carboxylic acids is 1. The minimum absolute atomic E-state index is 0.0388. The van der Waals surface area contributed by atoms with Crippen LogP contribution in [0.2, 0.25) is 0 Å². The Bertz CT molecular complexity index is 1070. The third-order valence-electron chi connectivity index (χ3n) is 4.67. The van der Waals surface area contributed by atoms with E-state index in [4.69, 9.17) is 4.42 Å². The van der Waals surface area contributed by atoms with Crippen LogP contribution in [-0.2, 0) is 17.8 Å². The Hall–Kier alpha value is -3.67. The van der Waals surface area contributed by atoms with Gasteiger partial charge in [0.25, 0.3) is 0 Å². The zero-order chi connectivity index (χ0) is 20.1. The summed E-state index contributed by atoms with van der Waals surface area (Å²) in [6.45, 7) is 0.506. The number of amides is 1. The monoisotopic (exact) mass is 386 g/mol. The zero-order valence-electron chi connectivity index (χ0n) is 16.2. The van der Waals surface area contributed by atoms with E-state index in [9.17, 15) is 4.79 Å². The molecule has 6 nitrogen and oxygen atoms in total. The van der Waals surface area contributed by atoms with Gasteiger partial charge in [-0.2, -0.15) is 5.10 Å². The first-order valence-electron chi connectivity index (χ1n) is 9.52. The van der Waals surface area contributed by atoms with Crippen LogP contribution in [0.3, 0.4) is 0 Å². The van der Waals surface area contributed by atoms with Gasteiger partial charge in [-0.1, -0.05) is 48.5 Å². The highest BCUT2D eigenvalue weighted by molar-refractivity contribution is 5.76. The van der Waals surface area contributed by atoms with Crippen molar-refractivity contribution >= 4 is 5.91 Å². The van der Waals surface area contributed by atoms with Crippen molar-refractivity contribution < 1.29 is 9.21 Å². The van der Waals surface area contributed by atoms with Gasteiger partial charge in [-0.05, 0) is 12.1 Å². The van der Waals surface area contributed by atoms with Crippen molar-refractivity contribution in [2.45, 2.75) is 19.4 Å². The van der Waals surface area contributed by atoms with Gasteiger partial charge in [0.05, 0.1) is 18.1 Å². The van der Waals surface area contributed by atoms with Crippen molar-refractivity contribution in [3.63, 3.8) is 0 Å². The highest BCUT2D eigenvalue weighted by atomic mass is 16.4. The van der Waals surface area contributed by atoms with Crippen LogP contribution in [-0.4, -0.2) is 32.6 Å². The molecule has 2 aromatic heterocycles. The van der Waals surface area contributed by atoms with E-state index in [2.05, 4.69) is 10.1 Å². The SMILES string of the molecule is CN(Cc1cnn(-c2ccccc2)c1)C(=O)CCc1ncc(-c2ccccc2)o1. The number of aromatic nitrogens is 3. The van der Waals surface area contributed by atoms with Gasteiger partial charge in [0, 0.05) is 43.8 Å². The highest BCUT2D eigenvalue weighted by Crippen LogP contribution is 2.20. The lowest BCUT2D eigenvalue weighted by molar-refractivity contribution is -0.130. The summed E-state index contributed by atoms with van der Waals surface area (Å²) < 4.78 is 7.59. The van der Waals surface area contributed by atoms with Gasteiger partial charge in [-0.15, -0.1) is 0 Å². The van der Waals surface area contributed by atoms with E-state index in [1.165, 1.54) is 0 Å². The summed E-state index contributed by atoms with van der Waals surface area (Å²) in [6, 6.07) is 19.7. The molecule has 0 N–H and O–H groups in total. The lowest BCUT2D eigenvalue weighted by Gasteiger charge is -2.15. The van der Waals surface area contributed by atoms with Gasteiger partial charge >= 0.3 is 0 Å². The number of rotatable bonds is 7. The summed E-state index contributed by atoms with van der Waals surface area (Å²) in [7, 11) is 1.80. The van der Waals surface area contributed by atoms with E-state index in [1.54, 1.807) is 24.3 Å². The second-order valence-electron chi connectivity index (χ2n) is 6.86. The van der Waals surface area contributed by atoms with Crippen molar-refractivity contribution in [1.82, 2.24) is 19.7 Å².